The molecule has 0 amide bonds. The SMILES string of the molecule is Cc1ccc(CNc2ccc3sccc3c2)cc1. The van der Waals surface area contributed by atoms with Crippen LogP contribution < -0.4 is 5.32 Å². The lowest BCUT2D eigenvalue weighted by Crippen LogP contribution is -1.98. The zero-order valence-electron chi connectivity index (χ0n) is 10.3. The maximum Gasteiger partial charge on any atom is 0.0400 e. The van der Waals surface area contributed by atoms with Crippen molar-refractivity contribution in [2.75, 3.05) is 5.32 Å². The molecule has 0 aliphatic carbocycles. The van der Waals surface area contributed by atoms with Gasteiger partial charge in [-0.2, -0.15) is 0 Å². The Kier molecular flexibility index (Phi) is 3.03. The molecular formula is C16H15NS. The van der Waals surface area contributed by atoms with E-state index in [1.54, 1.807) is 11.3 Å². The summed E-state index contributed by atoms with van der Waals surface area (Å²) in [5.74, 6) is 0. The molecule has 0 atom stereocenters. The molecule has 0 fully saturated rings. The van der Waals surface area contributed by atoms with Crippen LogP contribution in [0.15, 0.2) is 53.9 Å². The summed E-state index contributed by atoms with van der Waals surface area (Å²) in [5.41, 5.74) is 3.80. The van der Waals surface area contributed by atoms with Gasteiger partial charge in [-0.25, -0.2) is 0 Å². The van der Waals surface area contributed by atoms with Gasteiger partial charge in [-0.1, -0.05) is 29.8 Å². The van der Waals surface area contributed by atoms with Crippen LogP contribution in [0.1, 0.15) is 11.1 Å². The minimum atomic E-state index is 0.871. The van der Waals surface area contributed by atoms with Crippen molar-refractivity contribution in [1.82, 2.24) is 0 Å². The number of hydrogen-bond acceptors (Lipinski definition) is 2. The van der Waals surface area contributed by atoms with Crippen molar-refractivity contribution in [3.05, 3.63) is 65.0 Å². The van der Waals surface area contributed by atoms with Crippen LogP contribution in [0.3, 0.4) is 0 Å². The molecule has 1 N–H and O–H groups in total. The summed E-state index contributed by atoms with van der Waals surface area (Å²) < 4.78 is 1.34. The molecule has 0 saturated carbocycles. The van der Waals surface area contributed by atoms with E-state index in [0.29, 0.717) is 0 Å². The van der Waals surface area contributed by atoms with E-state index in [1.165, 1.54) is 26.9 Å². The topological polar surface area (TPSA) is 12.0 Å². The number of anilines is 1. The summed E-state index contributed by atoms with van der Waals surface area (Å²) in [7, 11) is 0. The first kappa shape index (κ1) is 11.3. The predicted octanol–water partition coefficient (Wildman–Crippen LogP) is 4.82. The second kappa shape index (κ2) is 4.83. The number of thiophene rings is 1. The van der Waals surface area contributed by atoms with E-state index in [2.05, 4.69) is 66.2 Å². The molecule has 0 aliphatic heterocycles. The van der Waals surface area contributed by atoms with Gasteiger partial charge in [-0.3, -0.25) is 0 Å². The molecule has 90 valence electrons. The normalized spacial score (nSPS) is 10.7. The molecule has 2 aromatic carbocycles. The molecule has 0 spiro atoms. The Balaban J connectivity index is 1.74. The quantitative estimate of drug-likeness (QED) is 0.705. The summed E-state index contributed by atoms with van der Waals surface area (Å²) in [5, 5.41) is 6.91. The van der Waals surface area contributed by atoms with Crippen molar-refractivity contribution < 1.29 is 0 Å². The van der Waals surface area contributed by atoms with Gasteiger partial charge in [-0.05, 0) is 47.5 Å². The van der Waals surface area contributed by atoms with Crippen LogP contribution in [0.4, 0.5) is 5.69 Å². The van der Waals surface area contributed by atoms with E-state index in [4.69, 9.17) is 0 Å². The van der Waals surface area contributed by atoms with Gasteiger partial charge in [-0.15, -0.1) is 11.3 Å². The van der Waals surface area contributed by atoms with Gasteiger partial charge < -0.3 is 5.32 Å². The van der Waals surface area contributed by atoms with Crippen LogP contribution in [-0.4, -0.2) is 0 Å². The molecule has 3 aromatic rings. The zero-order valence-corrected chi connectivity index (χ0v) is 11.1. The van der Waals surface area contributed by atoms with Crippen LogP contribution in [0, 0.1) is 6.92 Å². The first-order chi connectivity index (χ1) is 8.81. The molecule has 2 heteroatoms. The van der Waals surface area contributed by atoms with Crippen molar-refractivity contribution in [3.8, 4) is 0 Å². The molecule has 0 radical (unpaired) electrons. The Morgan fingerprint density at radius 1 is 1.00 bits per heavy atom. The third-order valence-electron chi connectivity index (χ3n) is 3.07. The largest absolute Gasteiger partial charge is 0.381 e. The summed E-state index contributed by atoms with van der Waals surface area (Å²) in [4.78, 5) is 0. The van der Waals surface area contributed by atoms with Crippen LogP contribution in [0.5, 0.6) is 0 Å². The minimum Gasteiger partial charge on any atom is -0.381 e. The molecule has 1 aromatic heterocycles. The fraction of sp³-hybridized carbons (Fsp3) is 0.125. The second-order valence-electron chi connectivity index (χ2n) is 4.51. The summed E-state index contributed by atoms with van der Waals surface area (Å²) in [6.45, 7) is 2.98. The van der Waals surface area contributed by atoms with Gasteiger partial charge in [0.25, 0.3) is 0 Å². The van der Waals surface area contributed by atoms with Crippen LogP contribution in [-0.2, 0) is 6.54 Å². The summed E-state index contributed by atoms with van der Waals surface area (Å²) in [6.07, 6.45) is 0. The van der Waals surface area contributed by atoms with E-state index in [9.17, 15) is 0 Å². The van der Waals surface area contributed by atoms with Gasteiger partial charge >= 0.3 is 0 Å². The number of hydrogen-bond donors (Lipinski definition) is 1. The third-order valence-corrected chi connectivity index (χ3v) is 3.97. The minimum absolute atomic E-state index is 0.871. The lowest BCUT2D eigenvalue weighted by atomic mass is 10.1. The number of rotatable bonds is 3. The average molecular weight is 253 g/mol. The van der Waals surface area contributed by atoms with E-state index >= 15 is 0 Å². The Morgan fingerprint density at radius 2 is 1.83 bits per heavy atom. The lowest BCUT2D eigenvalue weighted by Gasteiger charge is -2.07. The highest BCUT2D eigenvalue weighted by Crippen LogP contribution is 2.24. The van der Waals surface area contributed by atoms with Crippen molar-refractivity contribution in [3.63, 3.8) is 0 Å². The molecule has 0 aliphatic rings. The molecule has 0 unspecified atom stereocenters. The Labute approximate surface area is 111 Å². The van der Waals surface area contributed by atoms with Gasteiger partial charge in [0.2, 0.25) is 0 Å². The van der Waals surface area contributed by atoms with E-state index < -0.39 is 0 Å². The molecule has 18 heavy (non-hydrogen) atoms. The monoisotopic (exact) mass is 253 g/mol. The van der Waals surface area contributed by atoms with Crippen molar-refractivity contribution in [2.45, 2.75) is 13.5 Å². The molecule has 1 heterocycles. The first-order valence-electron chi connectivity index (χ1n) is 6.08. The maximum atomic E-state index is 3.47. The fourth-order valence-electron chi connectivity index (χ4n) is 1.99. The van der Waals surface area contributed by atoms with Crippen molar-refractivity contribution in [2.24, 2.45) is 0 Å². The second-order valence-corrected chi connectivity index (χ2v) is 5.46. The van der Waals surface area contributed by atoms with Gasteiger partial charge in [0, 0.05) is 16.9 Å². The standard InChI is InChI=1S/C16H15NS/c1-12-2-4-13(5-3-12)11-17-15-6-7-16-14(10-15)8-9-18-16/h2-10,17H,11H2,1H3. The molecular weight excluding hydrogens is 238 g/mol. The maximum absolute atomic E-state index is 3.47. The van der Waals surface area contributed by atoms with Crippen LogP contribution in [0.25, 0.3) is 10.1 Å². The van der Waals surface area contributed by atoms with Gasteiger partial charge in [0.05, 0.1) is 0 Å². The molecule has 1 nitrogen and oxygen atoms in total. The van der Waals surface area contributed by atoms with Gasteiger partial charge in [0.1, 0.15) is 0 Å². The number of benzene rings is 2. The first-order valence-corrected chi connectivity index (χ1v) is 6.96. The highest BCUT2D eigenvalue weighted by Gasteiger charge is 1.98. The summed E-state index contributed by atoms with van der Waals surface area (Å²) in [6, 6.07) is 17.3. The van der Waals surface area contributed by atoms with Crippen molar-refractivity contribution in [1.29, 1.82) is 0 Å². The van der Waals surface area contributed by atoms with Gasteiger partial charge in [0.15, 0.2) is 0 Å². The molecule has 3 rings (SSSR count). The smallest absolute Gasteiger partial charge is 0.0400 e. The highest BCUT2D eigenvalue weighted by atomic mass is 32.1. The third kappa shape index (κ3) is 2.39. The van der Waals surface area contributed by atoms with Crippen LogP contribution in [0.2, 0.25) is 0 Å². The Bertz CT molecular complexity index is 652. The van der Waals surface area contributed by atoms with Crippen molar-refractivity contribution >= 4 is 27.1 Å². The fourth-order valence-corrected chi connectivity index (χ4v) is 2.76. The van der Waals surface area contributed by atoms with Crippen LogP contribution >= 0.6 is 11.3 Å². The van der Waals surface area contributed by atoms with E-state index in [-0.39, 0.29) is 0 Å². The number of fused-ring (bicyclic) bond motifs is 1. The zero-order chi connectivity index (χ0) is 12.4. The molecule has 0 saturated heterocycles. The van der Waals surface area contributed by atoms with E-state index in [0.717, 1.165) is 6.54 Å². The lowest BCUT2D eigenvalue weighted by molar-refractivity contribution is 1.15. The Morgan fingerprint density at radius 3 is 2.67 bits per heavy atom. The summed E-state index contributed by atoms with van der Waals surface area (Å²) >= 11 is 1.78. The van der Waals surface area contributed by atoms with E-state index in [1.807, 2.05) is 0 Å². The average Bonchev–Trinajstić information content (AvgIpc) is 2.85. The molecule has 0 bridgehead atoms. The highest BCUT2D eigenvalue weighted by molar-refractivity contribution is 7.17. The number of aryl methyl sites for hydroxylation is 1. The Hall–Kier alpha value is -1.80. The predicted molar refractivity (Wildman–Crippen MR) is 80.3 cm³/mol. The number of nitrogens with one attached hydrogen (secondary N) is 1.